The smallest absolute Gasteiger partial charge is 0.319 e. The monoisotopic (exact) mass is 220 g/mol. The molecule has 2 N–H and O–H groups in total. The molecule has 3 rings (SSSR count). The Bertz CT molecular complexity index is 468. The lowest BCUT2D eigenvalue weighted by molar-refractivity contribution is 0.239. The predicted octanol–water partition coefficient (Wildman–Crippen LogP) is 2.15. The summed E-state index contributed by atoms with van der Waals surface area (Å²) in [5, 5.41) is 0. The molecule has 4 heteroatoms. The van der Waals surface area contributed by atoms with Crippen LogP contribution in [0.15, 0.2) is 18.2 Å². The van der Waals surface area contributed by atoms with Gasteiger partial charge in [0.1, 0.15) is 5.82 Å². The minimum Gasteiger partial charge on any atom is -0.351 e. The zero-order valence-electron chi connectivity index (χ0n) is 8.87. The van der Waals surface area contributed by atoms with Crippen molar-refractivity contribution in [3.05, 3.63) is 29.6 Å². The van der Waals surface area contributed by atoms with Crippen LogP contribution < -0.4 is 10.6 Å². The van der Waals surface area contributed by atoms with Gasteiger partial charge in [0.15, 0.2) is 0 Å². The number of benzene rings is 1. The molecule has 1 aromatic carbocycles. The number of amides is 2. The van der Waals surface area contributed by atoms with E-state index in [1.165, 1.54) is 11.0 Å². The third kappa shape index (κ3) is 1.04. The molecule has 2 amide bonds. The highest BCUT2D eigenvalue weighted by atomic mass is 19.1. The van der Waals surface area contributed by atoms with Gasteiger partial charge in [-0.15, -0.1) is 0 Å². The Morgan fingerprint density at radius 1 is 1.44 bits per heavy atom. The largest absolute Gasteiger partial charge is 0.351 e. The first kappa shape index (κ1) is 9.63. The molecule has 3 nitrogen and oxygen atoms in total. The zero-order chi connectivity index (χ0) is 11.3. The van der Waals surface area contributed by atoms with E-state index in [0.29, 0.717) is 17.8 Å². The summed E-state index contributed by atoms with van der Waals surface area (Å²) in [6.07, 6.45) is 3.00. The van der Waals surface area contributed by atoms with Crippen molar-refractivity contribution < 1.29 is 9.18 Å². The molecule has 1 heterocycles. The van der Waals surface area contributed by atoms with Crippen LogP contribution in [0.2, 0.25) is 0 Å². The van der Waals surface area contributed by atoms with E-state index in [-0.39, 0.29) is 11.2 Å². The van der Waals surface area contributed by atoms with Crippen LogP contribution in [0.25, 0.3) is 0 Å². The van der Waals surface area contributed by atoms with Crippen LogP contribution in [0.4, 0.5) is 14.9 Å². The molecule has 0 saturated heterocycles. The molecule has 0 bridgehead atoms. The van der Waals surface area contributed by atoms with E-state index in [1.54, 1.807) is 12.1 Å². The molecule has 1 aromatic rings. The number of rotatable bonds is 0. The van der Waals surface area contributed by atoms with E-state index in [9.17, 15) is 9.18 Å². The molecule has 0 radical (unpaired) electrons. The number of anilines is 1. The summed E-state index contributed by atoms with van der Waals surface area (Å²) in [6, 6.07) is 4.37. The third-order valence-electron chi connectivity index (χ3n) is 3.85. The second kappa shape index (κ2) is 2.97. The van der Waals surface area contributed by atoms with Crippen LogP contribution in [0.5, 0.6) is 0 Å². The van der Waals surface area contributed by atoms with Gasteiger partial charge in [0.2, 0.25) is 0 Å². The van der Waals surface area contributed by atoms with Crippen molar-refractivity contribution in [2.45, 2.75) is 24.7 Å². The highest BCUT2D eigenvalue weighted by Crippen LogP contribution is 2.53. The van der Waals surface area contributed by atoms with Crippen LogP contribution >= 0.6 is 0 Å². The molecule has 1 aliphatic carbocycles. The predicted molar refractivity (Wildman–Crippen MR) is 58.9 cm³/mol. The number of nitrogens with zero attached hydrogens (tertiary/aromatic N) is 1. The first-order valence-corrected chi connectivity index (χ1v) is 5.50. The summed E-state index contributed by atoms with van der Waals surface area (Å²) in [6.45, 7) is 0.540. The Kier molecular flexibility index (Phi) is 1.79. The fraction of sp³-hybridized carbons (Fsp3) is 0.417. The number of halogens is 1. The van der Waals surface area contributed by atoms with E-state index < -0.39 is 6.03 Å². The Hall–Kier alpha value is -1.58. The van der Waals surface area contributed by atoms with Crippen molar-refractivity contribution in [2.75, 3.05) is 11.4 Å². The fourth-order valence-corrected chi connectivity index (χ4v) is 2.94. The topological polar surface area (TPSA) is 46.3 Å². The number of carbonyl (C=O) groups excluding carboxylic acids is 1. The highest BCUT2D eigenvalue weighted by molar-refractivity contribution is 5.94. The first-order valence-electron chi connectivity index (χ1n) is 5.50. The molecule has 1 aliphatic heterocycles. The fourth-order valence-electron chi connectivity index (χ4n) is 2.94. The van der Waals surface area contributed by atoms with E-state index in [2.05, 4.69) is 0 Å². The zero-order valence-corrected chi connectivity index (χ0v) is 8.87. The lowest BCUT2D eigenvalue weighted by Gasteiger charge is -2.38. The van der Waals surface area contributed by atoms with Crippen molar-refractivity contribution >= 4 is 11.7 Å². The first-order chi connectivity index (χ1) is 7.64. The Balaban J connectivity index is 2.18. The molecule has 16 heavy (non-hydrogen) atoms. The molecule has 2 aliphatic rings. The quantitative estimate of drug-likeness (QED) is 0.715. The third-order valence-corrected chi connectivity index (χ3v) is 3.85. The standard InChI is InChI=1S/C12H13FN2O/c13-8-3-1-4-9-10(8)12(5-2-6-12)7-15(9)11(14)16/h1,3-4H,2,5-7H2,(H2,14,16). The van der Waals surface area contributed by atoms with Crippen LogP contribution in [0.3, 0.4) is 0 Å². The van der Waals surface area contributed by atoms with Gasteiger partial charge in [-0.25, -0.2) is 9.18 Å². The van der Waals surface area contributed by atoms with Gasteiger partial charge in [-0.1, -0.05) is 12.5 Å². The number of nitrogens with two attached hydrogens (primary N) is 1. The highest BCUT2D eigenvalue weighted by Gasteiger charge is 2.49. The lowest BCUT2D eigenvalue weighted by atomic mass is 9.65. The average molecular weight is 220 g/mol. The summed E-state index contributed by atoms with van der Waals surface area (Å²) < 4.78 is 13.9. The van der Waals surface area contributed by atoms with Crippen LogP contribution in [-0.4, -0.2) is 12.6 Å². The minimum atomic E-state index is -0.490. The van der Waals surface area contributed by atoms with Crippen molar-refractivity contribution in [3.8, 4) is 0 Å². The van der Waals surface area contributed by atoms with Crippen molar-refractivity contribution in [2.24, 2.45) is 5.73 Å². The summed E-state index contributed by atoms with van der Waals surface area (Å²) >= 11 is 0. The second-order valence-electron chi connectivity index (χ2n) is 4.69. The molecule has 1 fully saturated rings. The number of primary amides is 1. The van der Waals surface area contributed by atoms with Gasteiger partial charge in [-0.05, 0) is 25.0 Å². The SMILES string of the molecule is NC(=O)N1CC2(CCC2)c2c(F)cccc21. The van der Waals surface area contributed by atoms with Gasteiger partial charge in [-0.3, -0.25) is 4.90 Å². The molecule has 0 unspecified atom stereocenters. The van der Waals surface area contributed by atoms with Gasteiger partial charge in [0, 0.05) is 17.5 Å². The van der Waals surface area contributed by atoms with Gasteiger partial charge < -0.3 is 5.73 Å². The Morgan fingerprint density at radius 3 is 2.75 bits per heavy atom. The van der Waals surface area contributed by atoms with Gasteiger partial charge >= 0.3 is 6.03 Å². The Labute approximate surface area is 93.0 Å². The average Bonchev–Trinajstić information content (AvgIpc) is 2.54. The number of fused-ring (bicyclic) bond motifs is 2. The van der Waals surface area contributed by atoms with Crippen LogP contribution in [0, 0.1) is 5.82 Å². The number of urea groups is 1. The molecule has 1 spiro atoms. The molecular formula is C12H13FN2O. The maximum atomic E-state index is 13.9. The van der Waals surface area contributed by atoms with Crippen molar-refractivity contribution in [3.63, 3.8) is 0 Å². The van der Waals surface area contributed by atoms with E-state index in [0.717, 1.165) is 19.3 Å². The van der Waals surface area contributed by atoms with Crippen molar-refractivity contribution in [1.29, 1.82) is 0 Å². The normalized spacial score (nSPS) is 20.7. The van der Waals surface area contributed by atoms with Gasteiger partial charge in [-0.2, -0.15) is 0 Å². The van der Waals surface area contributed by atoms with E-state index in [4.69, 9.17) is 5.73 Å². The van der Waals surface area contributed by atoms with E-state index in [1.807, 2.05) is 0 Å². The van der Waals surface area contributed by atoms with Gasteiger partial charge in [0.05, 0.1) is 5.69 Å². The Morgan fingerprint density at radius 2 is 2.19 bits per heavy atom. The lowest BCUT2D eigenvalue weighted by Crippen LogP contribution is -2.43. The number of hydrogen-bond acceptors (Lipinski definition) is 1. The van der Waals surface area contributed by atoms with E-state index >= 15 is 0 Å². The minimum absolute atomic E-state index is 0.157. The maximum Gasteiger partial charge on any atom is 0.319 e. The molecule has 0 atom stereocenters. The summed E-state index contributed by atoms with van der Waals surface area (Å²) in [5.74, 6) is -0.207. The summed E-state index contributed by atoms with van der Waals surface area (Å²) in [4.78, 5) is 12.8. The molecular weight excluding hydrogens is 207 g/mol. The summed E-state index contributed by atoms with van der Waals surface area (Å²) in [5.41, 5.74) is 6.52. The number of carbonyl (C=O) groups is 1. The second-order valence-corrected chi connectivity index (χ2v) is 4.69. The van der Waals surface area contributed by atoms with Crippen LogP contribution in [-0.2, 0) is 5.41 Å². The van der Waals surface area contributed by atoms with Gasteiger partial charge in [0.25, 0.3) is 0 Å². The van der Waals surface area contributed by atoms with Crippen molar-refractivity contribution in [1.82, 2.24) is 0 Å². The van der Waals surface area contributed by atoms with Crippen LogP contribution in [0.1, 0.15) is 24.8 Å². The molecule has 0 aromatic heterocycles. The molecule has 84 valence electrons. The summed E-state index contributed by atoms with van der Waals surface area (Å²) in [7, 11) is 0. The number of hydrogen-bond donors (Lipinski definition) is 1. The maximum absolute atomic E-state index is 13.9. The molecule has 1 saturated carbocycles.